The molecule has 1 aromatic heterocycles. The Labute approximate surface area is 186 Å². The number of hydrogen-bond acceptors (Lipinski definition) is 6. The van der Waals surface area contributed by atoms with Crippen molar-refractivity contribution in [1.82, 2.24) is 5.32 Å². The molecule has 0 aliphatic rings. The van der Waals surface area contributed by atoms with E-state index in [1.807, 2.05) is 31.2 Å². The second-order valence-electron chi connectivity index (χ2n) is 8.44. The topological polar surface area (TPSA) is 94.8 Å². The molecule has 3 aromatic rings. The van der Waals surface area contributed by atoms with E-state index in [0.29, 0.717) is 17.7 Å². The quantitative estimate of drug-likeness (QED) is 0.338. The Balaban J connectivity index is 1.64. The first-order valence-electron chi connectivity index (χ1n) is 10.5. The molecular weight excluding hydrogens is 410 g/mol. The lowest BCUT2D eigenvalue weighted by atomic mass is 9.87. The number of benzene rings is 2. The Bertz CT molecular complexity index is 1170. The summed E-state index contributed by atoms with van der Waals surface area (Å²) in [7, 11) is 0. The average molecular weight is 437 g/mol. The van der Waals surface area contributed by atoms with E-state index in [1.165, 1.54) is 12.1 Å². The number of carbonyl (C=O) groups excluding carboxylic acids is 2. The molecule has 0 saturated carbocycles. The van der Waals surface area contributed by atoms with Crippen LogP contribution in [0.15, 0.2) is 57.7 Å². The molecule has 0 unspecified atom stereocenters. The van der Waals surface area contributed by atoms with Gasteiger partial charge in [0.05, 0.1) is 0 Å². The predicted molar refractivity (Wildman–Crippen MR) is 121 cm³/mol. The molecule has 0 fully saturated rings. The van der Waals surface area contributed by atoms with Crippen LogP contribution in [0.1, 0.15) is 50.0 Å². The number of rotatable bonds is 7. The predicted octanol–water partition coefficient (Wildman–Crippen LogP) is 4.21. The van der Waals surface area contributed by atoms with Gasteiger partial charge in [0.2, 0.25) is 0 Å². The number of carbonyl (C=O) groups is 2. The highest BCUT2D eigenvalue weighted by molar-refractivity contribution is 5.96. The first kappa shape index (κ1) is 23.1. The van der Waals surface area contributed by atoms with Gasteiger partial charge in [-0.2, -0.15) is 0 Å². The molecule has 3 rings (SSSR count). The smallest absolute Gasteiger partial charge is 0.349 e. The zero-order valence-corrected chi connectivity index (χ0v) is 18.7. The fourth-order valence-corrected chi connectivity index (χ4v) is 3.00. The van der Waals surface area contributed by atoms with Crippen molar-refractivity contribution in [3.05, 3.63) is 70.1 Å². The lowest BCUT2D eigenvalue weighted by Gasteiger charge is -2.19. The lowest BCUT2D eigenvalue weighted by molar-refractivity contribution is -0.136. The zero-order valence-electron chi connectivity index (χ0n) is 18.7. The summed E-state index contributed by atoms with van der Waals surface area (Å²) < 4.78 is 16.0. The third kappa shape index (κ3) is 5.75. The van der Waals surface area contributed by atoms with Crippen LogP contribution in [0.25, 0.3) is 11.0 Å². The third-order valence-electron chi connectivity index (χ3n) is 4.80. The van der Waals surface area contributed by atoms with Crippen molar-refractivity contribution in [3.63, 3.8) is 0 Å². The Morgan fingerprint density at radius 1 is 1.00 bits per heavy atom. The summed E-state index contributed by atoms with van der Waals surface area (Å²) in [6, 6.07) is 13.6. The van der Waals surface area contributed by atoms with Crippen molar-refractivity contribution < 1.29 is 23.5 Å². The van der Waals surface area contributed by atoms with Gasteiger partial charge in [-0.05, 0) is 47.7 Å². The summed E-state index contributed by atoms with van der Waals surface area (Å²) in [5.41, 5.74) is 0.586. The standard InChI is InChI=1S/C25H27NO6/c1-5-12-26-23(28)20-13-16-6-9-19(14-21(16)32-24(20)29)31-22(27)15-30-18-10-7-17(8-11-18)25(2,3)4/h6-11,13-14H,5,12,15H2,1-4H3,(H,26,28). The molecule has 2 aromatic carbocycles. The summed E-state index contributed by atoms with van der Waals surface area (Å²) in [6.45, 7) is 8.47. The van der Waals surface area contributed by atoms with E-state index in [0.717, 1.165) is 12.0 Å². The van der Waals surface area contributed by atoms with Gasteiger partial charge in [-0.1, -0.05) is 39.8 Å². The van der Waals surface area contributed by atoms with E-state index in [-0.39, 0.29) is 28.9 Å². The molecule has 1 N–H and O–H groups in total. The molecule has 7 heteroatoms. The first-order chi connectivity index (χ1) is 15.2. The molecule has 0 bridgehead atoms. The van der Waals surface area contributed by atoms with Crippen LogP contribution in [0.3, 0.4) is 0 Å². The van der Waals surface area contributed by atoms with E-state index in [1.54, 1.807) is 12.1 Å². The van der Waals surface area contributed by atoms with Gasteiger partial charge in [-0.25, -0.2) is 9.59 Å². The van der Waals surface area contributed by atoms with Gasteiger partial charge in [0, 0.05) is 18.0 Å². The summed E-state index contributed by atoms with van der Waals surface area (Å²) in [5, 5.41) is 3.19. The van der Waals surface area contributed by atoms with E-state index in [4.69, 9.17) is 13.9 Å². The largest absolute Gasteiger partial charge is 0.482 e. The van der Waals surface area contributed by atoms with Gasteiger partial charge < -0.3 is 19.2 Å². The summed E-state index contributed by atoms with van der Waals surface area (Å²) >= 11 is 0. The Morgan fingerprint density at radius 3 is 2.34 bits per heavy atom. The highest BCUT2D eigenvalue weighted by Crippen LogP contribution is 2.24. The molecular formula is C25H27NO6. The second-order valence-corrected chi connectivity index (χ2v) is 8.44. The molecule has 0 saturated heterocycles. The van der Waals surface area contributed by atoms with Crippen molar-refractivity contribution in [2.75, 3.05) is 13.2 Å². The summed E-state index contributed by atoms with van der Waals surface area (Å²) in [4.78, 5) is 36.4. The van der Waals surface area contributed by atoms with Crippen LogP contribution in [0, 0.1) is 0 Å². The number of esters is 1. The molecule has 1 amide bonds. The van der Waals surface area contributed by atoms with Crippen molar-refractivity contribution in [2.24, 2.45) is 0 Å². The van der Waals surface area contributed by atoms with Crippen LogP contribution in [-0.2, 0) is 10.2 Å². The van der Waals surface area contributed by atoms with Crippen LogP contribution in [0.4, 0.5) is 0 Å². The SMILES string of the molecule is CCCNC(=O)c1cc2ccc(OC(=O)COc3ccc(C(C)(C)C)cc3)cc2oc1=O. The number of ether oxygens (including phenoxy) is 2. The highest BCUT2D eigenvalue weighted by Gasteiger charge is 2.15. The summed E-state index contributed by atoms with van der Waals surface area (Å²) in [6.07, 6.45) is 0.755. The number of fused-ring (bicyclic) bond motifs is 1. The molecule has 0 radical (unpaired) electrons. The molecule has 0 aliphatic carbocycles. The van der Waals surface area contributed by atoms with Crippen molar-refractivity contribution >= 4 is 22.8 Å². The summed E-state index contributed by atoms with van der Waals surface area (Å²) in [5.74, 6) is -0.304. The van der Waals surface area contributed by atoms with Gasteiger partial charge >= 0.3 is 11.6 Å². The van der Waals surface area contributed by atoms with Crippen molar-refractivity contribution in [1.29, 1.82) is 0 Å². The molecule has 1 heterocycles. The number of hydrogen-bond donors (Lipinski definition) is 1. The van der Waals surface area contributed by atoms with Gasteiger partial charge in [0.15, 0.2) is 6.61 Å². The van der Waals surface area contributed by atoms with E-state index in [2.05, 4.69) is 26.1 Å². The Morgan fingerprint density at radius 2 is 1.69 bits per heavy atom. The van der Waals surface area contributed by atoms with E-state index < -0.39 is 17.5 Å². The lowest BCUT2D eigenvalue weighted by Crippen LogP contribution is -2.28. The minimum atomic E-state index is -0.753. The normalized spacial score (nSPS) is 11.2. The molecule has 0 aliphatic heterocycles. The highest BCUT2D eigenvalue weighted by atomic mass is 16.6. The molecule has 0 spiro atoms. The number of nitrogens with one attached hydrogen (secondary N) is 1. The third-order valence-corrected chi connectivity index (χ3v) is 4.80. The maximum absolute atomic E-state index is 12.2. The Hall–Kier alpha value is -3.61. The van der Waals surface area contributed by atoms with Crippen molar-refractivity contribution in [3.8, 4) is 11.5 Å². The minimum absolute atomic E-state index is 0.0304. The van der Waals surface area contributed by atoms with Gasteiger partial charge in [-0.15, -0.1) is 0 Å². The fraction of sp³-hybridized carbons (Fsp3) is 0.320. The molecule has 7 nitrogen and oxygen atoms in total. The Kier molecular flexibility index (Phi) is 6.98. The average Bonchev–Trinajstić information content (AvgIpc) is 2.75. The molecule has 168 valence electrons. The second kappa shape index (κ2) is 9.68. The number of amides is 1. The van der Waals surface area contributed by atoms with E-state index in [9.17, 15) is 14.4 Å². The van der Waals surface area contributed by atoms with Crippen LogP contribution in [0.5, 0.6) is 11.5 Å². The van der Waals surface area contributed by atoms with Gasteiger partial charge in [-0.3, -0.25) is 4.79 Å². The monoisotopic (exact) mass is 437 g/mol. The van der Waals surface area contributed by atoms with Crippen LogP contribution in [0.2, 0.25) is 0 Å². The first-order valence-corrected chi connectivity index (χ1v) is 10.5. The van der Waals surface area contributed by atoms with Crippen LogP contribution < -0.4 is 20.4 Å². The fourth-order valence-electron chi connectivity index (χ4n) is 3.00. The van der Waals surface area contributed by atoms with Crippen molar-refractivity contribution in [2.45, 2.75) is 39.5 Å². The van der Waals surface area contributed by atoms with Gasteiger partial charge in [0.1, 0.15) is 22.6 Å². The van der Waals surface area contributed by atoms with Gasteiger partial charge in [0.25, 0.3) is 5.91 Å². The maximum atomic E-state index is 12.2. The van der Waals surface area contributed by atoms with E-state index >= 15 is 0 Å². The van der Waals surface area contributed by atoms with Crippen LogP contribution >= 0.6 is 0 Å². The van der Waals surface area contributed by atoms with Crippen LogP contribution in [-0.4, -0.2) is 25.0 Å². The minimum Gasteiger partial charge on any atom is -0.482 e. The maximum Gasteiger partial charge on any atom is 0.349 e. The zero-order chi connectivity index (χ0) is 23.3. The molecule has 0 atom stereocenters. The molecule has 32 heavy (non-hydrogen) atoms.